The summed E-state index contributed by atoms with van der Waals surface area (Å²) in [5, 5.41) is 0. The minimum atomic E-state index is 0.793. The molecule has 0 bridgehead atoms. The summed E-state index contributed by atoms with van der Waals surface area (Å²) in [7, 11) is 2.15. The highest BCUT2D eigenvalue weighted by molar-refractivity contribution is 7.71. The molecule has 1 aliphatic carbocycles. The molecule has 0 unspecified atom stereocenters. The van der Waals surface area contributed by atoms with Gasteiger partial charge in [-0.3, -0.25) is 4.90 Å². The van der Waals surface area contributed by atoms with Gasteiger partial charge >= 0.3 is 0 Å². The molecule has 1 aromatic rings. The summed E-state index contributed by atoms with van der Waals surface area (Å²) in [5.41, 5.74) is 0. The Hall–Kier alpha value is -0.610. The van der Waals surface area contributed by atoms with Crippen molar-refractivity contribution < 1.29 is 0 Å². The molecule has 12 heavy (non-hydrogen) atoms. The van der Waals surface area contributed by atoms with Crippen molar-refractivity contribution >= 4 is 12.2 Å². The predicted octanol–water partition coefficient (Wildman–Crippen LogP) is 1.60. The predicted molar refractivity (Wildman–Crippen MR) is 50.4 cm³/mol. The third-order valence-electron chi connectivity index (χ3n) is 2.27. The van der Waals surface area contributed by atoms with Crippen LogP contribution in [0.1, 0.15) is 12.8 Å². The Morgan fingerprint density at radius 3 is 3.00 bits per heavy atom. The summed E-state index contributed by atoms with van der Waals surface area (Å²) in [5.74, 6) is 0. The molecule has 0 atom stereocenters. The van der Waals surface area contributed by atoms with Gasteiger partial charge in [0.25, 0.3) is 0 Å². The molecule has 3 nitrogen and oxygen atoms in total. The van der Waals surface area contributed by atoms with Crippen LogP contribution in [0.4, 0.5) is 0 Å². The van der Waals surface area contributed by atoms with Crippen LogP contribution in [-0.2, 0) is 6.67 Å². The molecule has 2 rings (SSSR count). The molecule has 1 N–H and O–H groups in total. The van der Waals surface area contributed by atoms with Crippen molar-refractivity contribution in [1.82, 2.24) is 14.5 Å². The first-order valence-corrected chi connectivity index (χ1v) is 4.62. The van der Waals surface area contributed by atoms with Gasteiger partial charge in [-0.25, -0.2) is 0 Å². The highest BCUT2D eigenvalue weighted by Gasteiger charge is 2.25. The molecule has 1 heterocycles. The summed E-state index contributed by atoms with van der Waals surface area (Å²) in [6.45, 7) is 0.910. The van der Waals surface area contributed by atoms with Crippen LogP contribution >= 0.6 is 12.2 Å². The Bertz CT molecular complexity index is 310. The Kier molecular flexibility index (Phi) is 2.02. The average Bonchev–Trinajstić information content (AvgIpc) is 2.80. The maximum Gasteiger partial charge on any atom is 0.178 e. The molecule has 0 radical (unpaired) electrons. The number of aromatic amines is 1. The number of rotatable bonds is 3. The van der Waals surface area contributed by atoms with Gasteiger partial charge in [-0.15, -0.1) is 0 Å². The molecule has 0 aromatic carbocycles. The van der Waals surface area contributed by atoms with Crippen molar-refractivity contribution in [2.45, 2.75) is 25.6 Å². The third kappa shape index (κ3) is 1.59. The van der Waals surface area contributed by atoms with E-state index in [1.807, 2.05) is 17.0 Å². The first-order chi connectivity index (χ1) is 5.77. The van der Waals surface area contributed by atoms with E-state index in [0.29, 0.717) is 0 Å². The number of nitrogens with zero attached hydrogens (tertiary/aromatic N) is 2. The van der Waals surface area contributed by atoms with E-state index in [1.165, 1.54) is 12.8 Å². The van der Waals surface area contributed by atoms with Crippen LogP contribution in [0.2, 0.25) is 0 Å². The second-order valence-corrected chi connectivity index (χ2v) is 3.75. The maximum atomic E-state index is 5.09. The van der Waals surface area contributed by atoms with Gasteiger partial charge in [-0.2, -0.15) is 0 Å². The molecular formula is C8H13N3S. The lowest BCUT2D eigenvalue weighted by Gasteiger charge is -2.15. The molecule has 1 aliphatic rings. The second-order valence-electron chi connectivity index (χ2n) is 3.36. The largest absolute Gasteiger partial charge is 0.337 e. The quantitative estimate of drug-likeness (QED) is 0.720. The number of aromatic nitrogens is 2. The fourth-order valence-corrected chi connectivity index (χ4v) is 1.52. The third-order valence-corrected chi connectivity index (χ3v) is 2.62. The molecule has 1 aromatic heterocycles. The number of nitrogens with one attached hydrogen (secondary N) is 1. The van der Waals surface area contributed by atoms with Crippen molar-refractivity contribution in [2.75, 3.05) is 7.05 Å². The van der Waals surface area contributed by atoms with Crippen LogP contribution in [0.3, 0.4) is 0 Å². The summed E-state index contributed by atoms with van der Waals surface area (Å²) < 4.78 is 2.86. The summed E-state index contributed by atoms with van der Waals surface area (Å²) in [6, 6.07) is 0.793. The Labute approximate surface area is 77.0 Å². The topological polar surface area (TPSA) is 24.0 Å². The molecule has 66 valence electrons. The molecular weight excluding hydrogens is 170 g/mol. The smallest absolute Gasteiger partial charge is 0.178 e. The SMILES string of the molecule is CN(Cn1cc[nH]c1=S)C1CC1. The van der Waals surface area contributed by atoms with Crippen molar-refractivity contribution in [1.29, 1.82) is 0 Å². The Morgan fingerprint density at radius 1 is 1.75 bits per heavy atom. The van der Waals surface area contributed by atoms with Crippen LogP contribution in [0.5, 0.6) is 0 Å². The van der Waals surface area contributed by atoms with Gasteiger partial charge in [0.2, 0.25) is 0 Å². The lowest BCUT2D eigenvalue weighted by atomic mass is 10.6. The zero-order valence-corrected chi connectivity index (χ0v) is 7.97. The number of hydrogen-bond donors (Lipinski definition) is 1. The lowest BCUT2D eigenvalue weighted by Crippen LogP contribution is -2.23. The number of H-pyrrole nitrogens is 1. The van der Waals surface area contributed by atoms with Gasteiger partial charge in [0.05, 0.1) is 6.67 Å². The normalized spacial score (nSPS) is 17.2. The molecule has 1 saturated carbocycles. The van der Waals surface area contributed by atoms with Gasteiger partial charge in [0.1, 0.15) is 0 Å². The minimum absolute atomic E-state index is 0.793. The van der Waals surface area contributed by atoms with E-state index in [1.54, 1.807) is 0 Å². The number of imidazole rings is 1. The zero-order chi connectivity index (χ0) is 8.55. The molecule has 0 aliphatic heterocycles. The van der Waals surface area contributed by atoms with Crippen molar-refractivity contribution in [2.24, 2.45) is 0 Å². The Morgan fingerprint density at radius 2 is 2.50 bits per heavy atom. The summed E-state index contributed by atoms with van der Waals surface area (Å²) >= 11 is 5.09. The monoisotopic (exact) mass is 183 g/mol. The highest BCUT2D eigenvalue weighted by atomic mass is 32.1. The van der Waals surface area contributed by atoms with Gasteiger partial charge in [-0.05, 0) is 32.1 Å². The van der Waals surface area contributed by atoms with Crippen LogP contribution < -0.4 is 0 Å². The molecule has 1 fully saturated rings. The van der Waals surface area contributed by atoms with Crippen molar-refractivity contribution in [3.8, 4) is 0 Å². The first-order valence-electron chi connectivity index (χ1n) is 4.21. The van der Waals surface area contributed by atoms with E-state index < -0.39 is 0 Å². The zero-order valence-electron chi connectivity index (χ0n) is 7.16. The lowest BCUT2D eigenvalue weighted by molar-refractivity contribution is 0.257. The van der Waals surface area contributed by atoms with E-state index in [4.69, 9.17) is 12.2 Å². The molecule has 0 spiro atoms. The van der Waals surface area contributed by atoms with E-state index in [2.05, 4.69) is 16.9 Å². The van der Waals surface area contributed by atoms with E-state index in [-0.39, 0.29) is 0 Å². The maximum absolute atomic E-state index is 5.09. The summed E-state index contributed by atoms with van der Waals surface area (Å²) in [6.07, 6.45) is 6.55. The van der Waals surface area contributed by atoms with Crippen molar-refractivity contribution in [3.63, 3.8) is 0 Å². The minimum Gasteiger partial charge on any atom is -0.337 e. The molecule has 0 amide bonds. The van der Waals surface area contributed by atoms with Gasteiger partial charge in [-0.1, -0.05) is 0 Å². The van der Waals surface area contributed by atoms with Crippen LogP contribution in [0.15, 0.2) is 12.4 Å². The van der Waals surface area contributed by atoms with E-state index in [0.717, 1.165) is 17.5 Å². The second kappa shape index (κ2) is 3.03. The summed E-state index contributed by atoms with van der Waals surface area (Å²) in [4.78, 5) is 5.32. The van der Waals surface area contributed by atoms with E-state index >= 15 is 0 Å². The van der Waals surface area contributed by atoms with E-state index in [9.17, 15) is 0 Å². The average molecular weight is 183 g/mol. The van der Waals surface area contributed by atoms with Crippen molar-refractivity contribution in [3.05, 3.63) is 17.2 Å². The Balaban J connectivity index is 2.02. The highest BCUT2D eigenvalue weighted by Crippen LogP contribution is 2.25. The van der Waals surface area contributed by atoms with Crippen LogP contribution in [0, 0.1) is 4.77 Å². The van der Waals surface area contributed by atoms with Gasteiger partial charge in [0, 0.05) is 18.4 Å². The number of hydrogen-bond acceptors (Lipinski definition) is 2. The van der Waals surface area contributed by atoms with Gasteiger partial charge < -0.3 is 9.55 Å². The first kappa shape index (κ1) is 8.01. The fraction of sp³-hybridized carbons (Fsp3) is 0.625. The fourth-order valence-electron chi connectivity index (χ4n) is 1.33. The van der Waals surface area contributed by atoms with Gasteiger partial charge in [0.15, 0.2) is 4.77 Å². The molecule has 4 heteroatoms. The van der Waals surface area contributed by atoms with Crippen LogP contribution in [0.25, 0.3) is 0 Å². The van der Waals surface area contributed by atoms with Crippen LogP contribution in [-0.4, -0.2) is 27.5 Å². The standard InChI is InChI=1S/C8H13N3S/c1-10(7-2-3-7)6-11-5-4-9-8(11)12/h4-5,7H,2-3,6H2,1H3,(H,9,12). The molecule has 0 saturated heterocycles.